The van der Waals surface area contributed by atoms with Crippen LogP contribution in [0.25, 0.3) is 0 Å². The summed E-state index contributed by atoms with van der Waals surface area (Å²) in [5, 5.41) is 0. The zero-order valence-electron chi connectivity index (χ0n) is 12.1. The molecule has 0 radical (unpaired) electrons. The van der Waals surface area contributed by atoms with Crippen LogP contribution in [-0.2, 0) is 19.0 Å². The Labute approximate surface area is 131 Å². The van der Waals surface area contributed by atoms with E-state index in [1.165, 1.54) is 0 Å². The Hall–Kier alpha value is -1.15. The molecule has 1 aliphatic heterocycles. The van der Waals surface area contributed by atoms with Crippen molar-refractivity contribution in [3.8, 4) is 0 Å². The first-order valence-corrected chi connectivity index (χ1v) is 7.93. The Morgan fingerprint density at radius 2 is 2.05 bits per heavy atom. The maximum atomic E-state index is 12.3. The second-order valence-electron chi connectivity index (χ2n) is 4.57. The van der Waals surface area contributed by atoms with Crippen molar-refractivity contribution < 1.29 is 32.2 Å². The molecule has 1 aliphatic rings. The Balaban J connectivity index is 2.08. The smallest absolute Gasteiger partial charge is 0.419 e. The summed E-state index contributed by atoms with van der Waals surface area (Å²) in [6.45, 7) is 6.65. The number of carbonyl (C=O) groups is 1. The molecule has 0 aliphatic carbocycles. The quantitative estimate of drug-likeness (QED) is 0.293. The van der Waals surface area contributed by atoms with E-state index >= 15 is 0 Å². The number of hydrogen-bond donors (Lipinski definition) is 0. The summed E-state index contributed by atoms with van der Waals surface area (Å²) in [5.41, 5.74) is -1.10. The highest BCUT2D eigenvalue weighted by Crippen LogP contribution is 2.29. The van der Waals surface area contributed by atoms with Crippen LogP contribution in [0, 0.1) is 0 Å². The number of rotatable bonds is 8. The fourth-order valence-electron chi connectivity index (χ4n) is 1.55. The van der Waals surface area contributed by atoms with Crippen LogP contribution in [-0.4, -0.2) is 43.2 Å². The van der Waals surface area contributed by atoms with Crippen molar-refractivity contribution >= 4 is 17.7 Å². The van der Waals surface area contributed by atoms with Crippen molar-refractivity contribution in [2.24, 2.45) is 0 Å². The lowest BCUT2D eigenvalue weighted by atomic mass is 10.2. The largest absolute Gasteiger partial charge is 0.494 e. The van der Waals surface area contributed by atoms with Crippen LogP contribution in [0.2, 0.25) is 0 Å². The van der Waals surface area contributed by atoms with Gasteiger partial charge in [-0.1, -0.05) is 13.2 Å². The van der Waals surface area contributed by atoms with Gasteiger partial charge in [0.1, 0.15) is 5.76 Å². The van der Waals surface area contributed by atoms with E-state index in [4.69, 9.17) is 14.2 Å². The SMILES string of the molecule is C=C(OCCCCC(=O)OC1CSCCO1)C(=C)C(F)(F)F. The van der Waals surface area contributed by atoms with E-state index < -0.39 is 23.8 Å². The van der Waals surface area contributed by atoms with Gasteiger partial charge in [-0.2, -0.15) is 24.9 Å². The maximum Gasteiger partial charge on any atom is 0.419 e. The molecule has 0 aromatic carbocycles. The number of allylic oxidation sites excluding steroid dienone is 1. The van der Waals surface area contributed by atoms with Crippen molar-refractivity contribution in [3.63, 3.8) is 0 Å². The summed E-state index contributed by atoms with van der Waals surface area (Å²) in [5.74, 6) is 0.626. The van der Waals surface area contributed by atoms with Gasteiger partial charge in [0.15, 0.2) is 0 Å². The third-order valence-electron chi connectivity index (χ3n) is 2.78. The van der Waals surface area contributed by atoms with Crippen LogP contribution in [0.15, 0.2) is 24.5 Å². The summed E-state index contributed by atoms with van der Waals surface area (Å²) in [4.78, 5) is 11.5. The molecule has 1 saturated heterocycles. The second-order valence-corrected chi connectivity index (χ2v) is 5.72. The van der Waals surface area contributed by atoms with Gasteiger partial charge >= 0.3 is 12.1 Å². The number of carbonyl (C=O) groups excluding carboxylic acids is 1. The molecule has 0 N–H and O–H groups in total. The molecule has 0 saturated carbocycles. The van der Waals surface area contributed by atoms with Crippen molar-refractivity contribution in [1.82, 2.24) is 0 Å². The van der Waals surface area contributed by atoms with Crippen LogP contribution in [0.4, 0.5) is 13.2 Å². The van der Waals surface area contributed by atoms with Crippen LogP contribution >= 0.6 is 11.8 Å². The van der Waals surface area contributed by atoms with E-state index in [9.17, 15) is 18.0 Å². The minimum absolute atomic E-state index is 0.0387. The van der Waals surface area contributed by atoms with Gasteiger partial charge in [-0.05, 0) is 12.8 Å². The van der Waals surface area contributed by atoms with Gasteiger partial charge in [-0.15, -0.1) is 0 Å². The molecule has 0 aromatic rings. The molecule has 1 atom stereocenters. The van der Waals surface area contributed by atoms with Gasteiger partial charge in [-0.25, -0.2) is 0 Å². The number of halogens is 3. The Bertz CT molecular complexity index is 403. The number of esters is 1. The Kier molecular flexibility index (Phi) is 7.81. The molecular formula is C14H19F3O4S. The molecule has 0 spiro atoms. The van der Waals surface area contributed by atoms with E-state index in [1.54, 1.807) is 11.8 Å². The monoisotopic (exact) mass is 340 g/mol. The van der Waals surface area contributed by atoms with Gasteiger partial charge in [0, 0.05) is 12.2 Å². The Morgan fingerprint density at radius 1 is 1.32 bits per heavy atom. The standard InChI is InChI=1S/C14H19F3O4S/c1-10(14(15,16)17)11(2)19-6-4-3-5-12(18)21-13-9-22-8-7-20-13/h13H,1-9H2. The van der Waals surface area contributed by atoms with E-state index in [2.05, 4.69) is 13.2 Å². The van der Waals surface area contributed by atoms with Gasteiger partial charge in [0.05, 0.1) is 24.5 Å². The van der Waals surface area contributed by atoms with E-state index in [-0.39, 0.29) is 19.0 Å². The summed E-state index contributed by atoms with van der Waals surface area (Å²) in [6.07, 6.45) is -4.01. The van der Waals surface area contributed by atoms with Crippen LogP contribution < -0.4 is 0 Å². The predicted octanol–water partition coefficient (Wildman–Crippen LogP) is 3.44. The lowest BCUT2D eigenvalue weighted by molar-refractivity contribution is -0.173. The minimum Gasteiger partial charge on any atom is -0.494 e. The fourth-order valence-corrected chi connectivity index (χ4v) is 2.29. The third kappa shape index (κ3) is 7.22. The molecule has 0 amide bonds. The van der Waals surface area contributed by atoms with Crippen LogP contribution in [0.1, 0.15) is 19.3 Å². The maximum absolute atomic E-state index is 12.3. The summed E-state index contributed by atoms with van der Waals surface area (Å²) in [6, 6.07) is 0. The second kappa shape index (κ2) is 9.09. The lowest BCUT2D eigenvalue weighted by Crippen LogP contribution is -2.28. The van der Waals surface area contributed by atoms with Crippen LogP contribution in [0.5, 0.6) is 0 Å². The predicted molar refractivity (Wildman–Crippen MR) is 77.3 cm³/mol. The molecule has 8 heteroatoms. The van der Waals surface area contributed by atoms with Crippen molar-refractivity contribution in [1.29, 1.82) is 0 Å². The summed E-state index contributed by atoms with van der Waals surface area (Å²) in [7, 11) is 0. The highest BCUT2D eigenvalue weighted by molar-refractivity contribution is 7.99. The highest BCUT2D eigenvalue weighted by atomic mass is 32.2. The molecule has 1 unspecified atom stereocenters. The summed E-state index contributed by atoms with van der Waals surface area (Å²) < 4.78 is 52.1. The van der Waals surface area contributed by atoms with Gasteiger partial charge in [-0.3, -0.25) is 4.79 Å². The number of ether oxygens (including phenoxy) is 3. The van der Waals surface area contributed by atoms with Crippen molar-refractivity contribution in [2.45, 2.75) is 31.7 Å². The summed E-state index contributed by atoms with van der Waals surface area (Å²) >= 11 is 1.65. The zero-order valence-corrected chi connectivity index (χ0v) is 12.9. The number of hydrogen-bond acceptors (Lipinski definition) is 5. The van der Waals surface area contributed by atoms with Gasteiger partial charge in [0.2, 0.25) is 6.29 Å². The molecule has 1 fully saturated rings. The minimum atomic E-state index is -4.54. The normalized spacial score (nSPS) is 18.6. The van der Waals surface area contributed by atoms with E-state index in [0.29, 0.717) is 25.2 Å². The average Bonchev–Trinajstić information content (AvgIpc) is 2.46. The molecular weight excluding hydrogens is 321 g/mol. The number of thioether (sulfide) groups is 1. The average molecular weight is 340 g/mol. The molecule has 1 rings (SSSR count). The zero-order chi connectivity index (χ0) is 16.6. The molecule has 0 bridgehead atoms. The Morgan fingerprint density at radius 3 is 2.64 bits per heavy atom. The number of unbranched alkanes of at least 4 members (excludes halogenated alkanes) is 1. The van der Waals surface area contributed by atoms with Crippen LogP contribution in [0.3, 0.4) is 0 Å². The molecule has 22 heavy (non-hydrogen) atoms. The fraction of sp³-hybridized carbons (Fsp3) is 0.643. The first-order valence-electron chi connectivity index (χ1n) is 6.77. The molecule has 126 valence electrons. The van der Waals surface area contributed by atoms with E-state index in [0.717, 1.165) is 5.75 Å². The first kappa shape index (κ1) is 18.9. The van der Waals surface area contributed by atoms with Crippen molar-refractivity contribution in [2.75, 3.05) is 24.7 Å². The molecule has 0 aromatic heterocycles. The molecule has 1 heterocycles. The number of alkyl halides is 3. The van der Waals surface area contributed by atoms with Crippen molar-refractivity contribution in [3.05, 3.63) is 24.5 Å². The van der Waals surface area contributed by atoms with Gasteiger partial charge < -0.3 is 14.2 Å². The van der Waals surface area contributed by atoms with Gasteiger partial charge in [0.25, 0.3) is 0 Å². The lowest BCUT2D eigenvalue weighted by Gasteiger charge is -2.22. The topological polar surface area (TPSA) is 44.8 Å². The molecule has 4 nitrogen and oxygen atoms in total. The third-order valence-corrected chi connectivity index (χ3v) is 3.74. The highest BCUT2D eigenvalue weighted by Gasteiger charge is 2.34. The van der Waals surface area contributed by atoms with E-state index in [1.807, 2.05) is 0 Å². The first-order chi connectivity index (χ1) is 10.3.